The number of hydrogen-bond donors (Lipinski definition) is 0. The van der Waals surface area contributed by atoms with E-state index in [4.69, 9.17) is 16.0 Å². The Morgan fingerprint density at radius 1 is 1.04 bits per heavy atom. The highest BCUT2D eigenvalue weighted by Gasteiger charge is 2.28. The predicted octanol–water partition coefficient (Wildman–Crippen LogP) is 3.91. The normalized spacial score (nSPS) is 16.1. The highest BCUT2D eigenvalue weighted by molar-refractivity contribution is 6.30. The van der Waals surface area contributed by atoms with E-state index in [2.05, 4.69) is 22.0 Å². The third-order valence-electron chi connectivity index (χ3n) is 5.04. The van der Waals surface area contributed by atoms with E-state index in [-0.39, 0.29) is 11.9 Å². The van der Waals surface area contributed by atoms with Gasteiger partial charge in [0.25, 0.3) is 5.91 Å². The van der Waals surface area contributed by atoms with Crippen molar-refractivity contribution in [2.75, 3.05) is 26.2 Å². The maximum Gasteiger partial charge on any atom is 0.253 e. The molecule has 1 aliphatic rings. The van der Waals surface area contributed by atoms with E-state index in [0.29, 0.717) is 35.5 Å². The number of benzene rings is 2. The van der Waals surface area contributed by atoms with Gasteiger partial charge in [0, 0.05) is 42.3 Å². The summed E-state index contributed by atoms with van der Waals surface area (Å²) in [4.78, 5) is 16.8. The fourth-order valence-corrected chi connectivity index (χ4v) is 3.56. The Hall–Kier alpha value is -2.70. The van der Waals surface area contributed by atoms with Gasteiger partial charge in [0.2, 0.25) is 11.8 Å². The Bertz CT molecular complexity index is 952. The Labute approximate surface area is 168 Å². The van der Waals surface area contributed by atoms with Crippen LogP contribution in [0.2, 0.25) is 5.02 Å². The van der Waals surface area contributed by atoms with E-state index in [1.54, 1.807) is 24.3 Å². The minimum Gasteiger partial charge on any atom is -0.419 e. The topological polar surface area (TPSA) is 62.5 Å². The number of hydrogen-bond acceptors (Lipinski definition) is 5. The van der Waals surface area contributed by atoms with Gasteiger partial charge < -0.3 is 9.32 Å². The van der Waals surface area contributed by atoms with Gasteiger partial charge in [-0.3, -0.25) is 9.69 Å². The van der Waals surface area contributed by atoms with Gasteiger partial charge in [-0.25, -0.2) is 0 Å². The minimum atomic E-state index is -0.00613. The van der Waals surface area contributed by atoms with Crippen LogP contribution >= 0.6 is 11.6 Å². The van der Waals surface area contributed by atoms with Crippen LogP contribution in [-0.4, -0.2) is 52.1 Å². The number of amides is 1. The second-order valence-electron chi connectivity index (χ2n) is 6.83. The highest BCUT2D eigenvalue weighted by atomic mass is 35.5. The first-order valence-electron chi connectivity index (χ1n) is 9.29. The molecule has 6 nitrogen and oxygen atoms in total. The summed E-state index contributed by atoms with van der Waals surface area (Å²) in [5.41, 5.74) is 1.53. The molecule has 1 atom stereocenters. The van der Waals surface area contributed by atoms with Crippen molar-refractivity contribution in [3.63, 3.8) is 0 Å². The molecule has 0 radical (unpaired) electrons. The van der Waals surface area contributed by atoms with Crippen LogP contribution < -0.4 is 0 Å². The number of aromatic nitrogens is 2. The molecule has 0 saturated carbocycles. The Morgan fingerprint density at radius 3 is 2.50 bits per heavy atom. The summed E-state index contributed by atoms with van der Waals surface area (Å²) in [5, 5.41) is 8.97. The Morgan fingerprint density at radius 2 is 1.79 bits per heavy atom. The minimum absolute atomic E-state index is 0.00613. The van der Waals surface area contributed by atoms with Gasteiger partial charge in [-0.2, -0.15) is 0 Å². The summed E-state index contributed by atoms with van der Waals surface area (Å²) in [6.07, 6.45) is 0. The maximum absolute atomic E-state index is 12.7. The van der Waals surface area contributed by atoms with E-state index in [9.17, 15) is 4.79 Å². The van der Waals surface area contributed by atoms with Crippen LogP contribution in [0.1, 0.15) is 29.2 Å². The molecule has 7 heteroatoms. The SMILES string of the molecule is CC(c1nnc(-c2ccccc2)o1)N1CCN(C(=O)c2cccc(Cl)c2)CC1. The van der Waals surface area contributed by atoms with E-state index < -0.39 is 0 Å². The fraction of sp³-hybridized carbons (Fsp3) is 0.286. The van der Waals surface area contributed by atoms with Gasteiger partial charge in [-0.05, 0) is 37.3 Å². The summed E-state index contributed by atoms with van der Waals surface area (Å²) in [7, 11) is 0. The molecule has 1 aliphatic heterocycles. The van der Waals surface area contributed by atoms with Gasteiger partial charge in [0.1, 0.15) is 0 Å². The number of rotatable bonds is 4. The van der Waals surface area contributed by atoms with Gasteiger partial charge in [0.15, 0.2) is 0 Å². The number of nitrogens with zero attached hydrogens (tertiary/aromatic N) is 4. The van der Waals surface area contributed by atoms with Crippen molar-refractivity contribution in [1.29, 1.82) is 0 Å². The zero-order chi connectivity index (χ0) is 19.5. The molecule has 2 aromatic carbocycles. The molecule has 1 amide bonds. The molecule has 1 aromatic heterocycles. The Balaban J connectivity index is 1.38. The lowest BCUT2D eigenvalue weighted by Gasteiger charge is -2.36. The van der Waals surface area contributed by atoms with Crippen LogP contribution in [0.15, 0.2) is 59.0 Å². The quantitative estimate of drug-likeness (QED) is 0.669. The predicted molar refractivity (Wildman–Crippen MR) is 107 cm³/mol. The second-order valence-corrected chi connectivity index (χ2v) is 7.26. The fourth-order valence-electron chi connectivity index (χ4n) is 3.37. The average Bonchev–Trinajstić information content (AvgIpc) is 3.24. The van der Waals surface area contributed by atoms with Gasteiger partial charge in [-0.1, -0.05) is 35.9 Å². The lowest BCUT2D eigenvalue weighted by molar-refractivity contribution is 0.0559. The van der Waals surface area contributed by atoms with Crippen LogP contribution in [0.3, 0.4) is 0 Å². The summed E-state index contributed by atoms with van der Waals surface area (Å²) < 4.78 is 5.88. The molecule has 1 fully saturated rings. The molecule has 0 spiro atoms. The monoisotopic (exact) mass is 396 g/mol. The van der Waals surface area contributed by atoms with Crippen LogP contribution in [0.25, 0.3) is 11.5 Å². The van der Waals surface area contributed by atoms with Gasteiger partial charge in [0.05, 0.1) is 6.04 Å². The molecule has 28 heavy (non-hydrogen) atoms. The summed E-state index contributed by atoms with van der Waals surface area (Å²) in [6, 6.07) is 16.8. The zero-order valence-electron chi connectivity index (χ0n) is 15.6. The molecule has 1 saturated heterocycles. The standard InChI is InChI=1S/C21H21ClN4O2/c1-15(19-23-24-20(28-19)16-6-3-2-4-7-16)25-10-12-26(13-11-25)21(27)17-8-5-9-18(22)14-17/h2-9,14-15H,10-13H2,1H3. The molecule has 0 N–H and O–H groups in total. The van der Waals surface area contributed by atoms with Gasteiger partial charge in [-0.15, -0.1) is 10.2 Å². The molecular formula is C21H21ClN4O2. The van der Waals surface area contributed by atoms with Gasteiger partial charge >= 0.3 is 0 Å². The molecule has 0 bridgehead atoms. The van der Waals surface area contributed by atoms with E-state index in [0.717, 1.165) is 18.7 Å². The highest BCUT2D eigenvalue weighted by Crippen LogP contribution is 2.25. The largest absolute Gasteiger partial charge is 0.419 e. The van der Waals surface area contributed by atoms with Crippen molar-refractivity contribution in [1.82, 2.24) is 20.0 Å². The van der Waals surface area contributed by atoms with E-state index in [1.807, 2.05) is 35.2 Å². The smallest absolute Gasteiger partial charge is 0.253 e. The first kappa shape index (κ1) is 18.7. The summed E-state index contributed by atoms with van der Waals surface area (Å²) in [6.45, 7) is 4.84. The zero-order valence-corrected chi connectivity index (χ0v) is 16.3. The van der Waals surface area contributed by atoms with Crippen molar-refractivity contribution >= 4 is 17.5 Å². The molecular weight excluding hydrogens is 376 g/mol. The molecule has 1 unspecified atom stereocenters. The first-order valence-corrected chi connectivity index (χ1v) is 9.67. The number of carbonyl (C=O) groups excluding carboxylic acids is 1. The number of carbonyl (C=O) groups is 1. The molecule has 4 rings (SSSR count). The van der Waals surface area contributed by atoms with Crippen LogP contribution in [0, 0.1) is 0 Å². The summed E-state index contributed by atoms with van der Waals surface area (Å²) in [5.74, 6) is 1.13. The number of piperazine rings is 1. The summed E-state index contributed by atoms with van der Waals surface area (Å²) >= 11 is 6.00. The average molecular weight is 397 g/mol. The molecule has 0 aliphatic carbocycles. The first-order chi connectivity index (χ1) is 13.6. The lowest BCUT2D eigenvalue weighted by Crippen LogP contribution is -2.49. The lowest BCUT2D eigenvalue weighted by atomic mass is 10.1. The van der Waals surface area contributed by atoms with Crippen LogP contribution in [0.4, 0.5) is 0 Å². The van der Waals surface area contributed by atoms with Crippen molar-refractivity contribution in [3.8, 4) is 11.5 Å². The van der Waals surface area contributed by atoms with Crippen molar-refractivity contribution in [3.05, 3.63) is 71.1 Å². The molecule has 3 aromatic rings. The van der Waals surface area contributed by atoms with Crippen molar-refractivity contribution in [2.24, 2.45) is 0 Å². The van der Waals surface area contributed by atoms with E-state index >= 15 is 0 Å². The maximum atomic E-state index is 12.7. The number of halogens is 1. The second kappa shape index (κ2) is 8.12. The van der Waals surface area contributed by atoms with Crippen molar-refractivity contribution < 1.29 is 9.21 Å². The Kier molecular flexibility index (Phi) is 5.41. The molecule has 2 heterocycles. The third kappa shape index (κ3) is 3.93. The van der Waals surface area contributed by atoms with E-state index in [1.165, 1.54) is 0 Å². The van der Waals surface area contributed by atoms with Crippen LogP contribution in [-0.2, 0) is 0 Å². The van der Waals surface area contributed by atoms with Crippen molar-refractivity contribution in [2.45, 2.75) is 13.0 Å². The molecule has 144 valence electrons. The van der Waals surface area contributed by atoms with Crippen LogP contribution in [0.5, 0.6) is 0 Å². The third-order valence-corrected chi connectivity index (χ3v) is 5.27.